The van der Waals surface area contributed by atoms with Gasteiger partial charge in [-0.3, -0.25) is 14.8 Å². The molecule has 0 N–H and O–H groups in total. The van der Waals surface area contributed by atoms with Crippen molar-refractivity contribution >= 4 is 0 Å². The van der Waals surface area contributed by atoms with Crippen molar-refractivity contribution < 1.29 is 4.74 Å². The summed E-state index contributed by atoms with van der Waals surface area (Å²) in [4.78, 5) is 9.43. The second-order valence-electron chi connectivity index (χ2n) is 7.12. The molecule has 0 saturated carbocycles. The van der Waals surface area contributed by atoms with E-state index in [4.69, 9.17) is 4.74 Å². The largest absolute Gasteiger partial charge is 0.497 e. The average molecular weight is 323 g/mol. The highest BCUT2D eigenvalue weighted by Crippen LogP contribution is 2.32. The van der Waals surface area contributed by atoms with Crippen molar-refractivity contribution in [2.24, 2.45) is 11.8 Å². The first-order chi connectivity index (χ1) is 11.8. The maximum absolute atomic E-state index is 5.24. The number of fused-ring (bicyclic) bond motifs is 1. The zero-order valence-electron chi connectivity index (χ0n) is 14.3. The number of hydrogen-bond donors (Lipinski definition) is 0. The molecule has 2 aliphatic heterocycles. The van der Waals surface area contributed by atoms with Gasteiger partial charge in [0.15, 0.2) is 0 Å². The predicted octanol–water partition coefficient (Wildman–Crippen LogP) is 2.65. The number of aromatic nitrogens is 1. The average Bonchev–Trinajstić information content (AvgIpc) is 3.14. The van der Waals surface area contributed by atoms with Gasteiger partial charge in [-0.25, -0.2) is 0 Å². The van der Waals surface area contributed by atoms with Crippen LogP contribution >= 0.6 is 0 Å². The zero-order valence-corrected chi connectivity index (χ0v) is 14.3. The van der Waals surface area contributed by atoms with Crippen molar-refractivity contribution in [3.63, 3.8) is 0 Å². The lowest BCUT2D eigenvalue weighted by atomic mass is 10.0. The smallest absolute Gasteiger partial charge is 0.118 e. The highest BCUT2D eigenvalue weighted by molar-refractivity contribution is 5.27. The van der Waals surface area contributed by atoms with Gasteiger partial charge >= 0.3 is 0 Å². The molecule has 0 radical (unpaired) electrons. The van der Waals surface area contributed by atoms with Crippen molar-refractivity contribution in [2.45, 2.75) is 13.1 Å². The molecule has 126 valence electrons. The molecule has 1 aromatic heterocycles. The lowest BCUT2D eigenvalue weighted by Crippen LogP contribution is -2.28. The van der Waals surface area contributed by atoms with E-state index in [1.807, 2.05) is 18.5 Å². The lowest BCUT2D eigenvalue weighted by Gasteiger charge is -2.21. The Morgan fingerprint density at radius 2 is 1.54 bits per heavy atom. The third-order valence-electron chi connectivity index (χ3n) is 5.33. The van der Waals surface area contributed by atoms with Crippen LogP contribution < -0.4 is 4.74 Å². The minimum atomic E-state index is 0.819. The van der Waals surface area contributed by atoms with Gasteiger partial charge in [0.05, 0.1) is 7.11 Å². The fraction of sp³-hybridized carbons (Fsp3) is 0.450. The molecule has 3 heterocycles. The summed E-state index contributed by atoms with van der Waals surface area (Å²) >= 11 is 0. The van der Waals surface area contributed by atoms with Gasteiger partial charge in [-0.15, -0.1) is 0 Å². The van der Waals surface area contributed by atoms with Gasteiger partial charge in [-0.05, 0) is 41.2 Å². The molecule has 0 aliphatic carbocycles. The van der Waals surface area contributed by atoms with Gasteiger partial charge in [0.1, 0.15) is 5.75 Å². The van der Waals surface area contributed by atoms with Crippen LogP contribution in [0.15, 0.2) is 48.8 Å². The van der Waals surface area contributed by atoms with Crippen molar-refractivity contribution in [3.05, 3.63) is 59.9 Å². The van der Waals surface area contributed by atoms with Gasteiger partial charge in [0.25, 0.3) is 0 Å². The molecule has 1 aromatic carbocycles. The highest BCUT2D eigenvalue weighted by Gasteiger charge is 2.39. The summed E-state index contributed by atoms with van der Waals surface area (Å²) < 4.78 is 5.24. The molecule has 2 aliphatic rings. The van der Waals surface area contributed by atoms with Gasteiger partial charge in [0.2, 0.25) is 0 Å². The molecule has 2 saturated heterocycles. The quantitative estimate of drug-likeness (QED) is 0.846. The number of methoxy groups -OCH3 is 1. The third-order valence-corrected chi connectivity index (χ3v) is 5.33. The number of ether oxygens (including phenoxy) is 1. The summed E-state index contributed by atoms with van der Waals surface area (Å²) in [7, 11) is 1.72. The van der Waals surface area contributed by atoms with Crippen LogP contribution in [0.5, 0.6) is 5.75 Å². The van der Waals surface area contributed by atoms with Crippen LogP contribution in [0.4, 0.5) is 0 Å². The summed E-state index contributed by atoms with van der Waals surface area (Å²) in [6.07, 6.45) is 3.84. The maximum Gasteiger partial charge on any atom is 0.118 e. The number of likely N-dealkylation sites (tertiary alicyclic amines) is 2. The van der Waals surface area contributed by atoms with E-state index in [1.165, 1.54) is 37.3 Å². The number of rotatable bonds is 5. The van der Waals surface area contributed by atoms with Crippen LogP contribution in [-0.4, -0.2) is 48.1 Å². The Labute approximate surface area is 144 Å². The van der Waals surface area contributed by atoms with Crippen LogP contribution in [0.3, 0.4) is 0 Å². The Balaban J connectivity index is 1.29. The van der Waals surface area contributed by atoms with E-state index in [0.29, 0.717) is 0 Å². The van der Waals surface area contributed by atoms with Crippen LogP contribution in [-0.2, 0) is 13.1 Å². The standard InChI is InChI=1S/C20H25N3O/c1-24-20-6-4-16(5-7-20)10-22-12-18-14-23(15-19(18)13-22)11-17-3-2-8-21-9-17/h2-9,18-19H,10-15H2,1H3/t18-,19-/m0/s1. The highest BCUT2D eigenvalue weighted by atomic mass is 16.5. The molecule has 2 aromatic rings. The van der Waals surface area contributed by atoms with Crippen molar-refractivity contribution in [1.82, 2.24) is 14.8 Å². The summed E-state index contributed by atoms with van der Waals surface area (Å²) in [6, 6.07) is 12.7. The molecule has 4 nitrogen and oxygen atoms in total. The van der Waals surface area contributed by atoms with Gasteiger partial charge < -0.3 is 4.74 Å². The Kier molecular flexibility index (Phi) is 4.50. The van der Waals surface area contributed by atoms with E-state index >= 15 is 0 Å². The molecule has 0 amide bonds. The summed E-state index contributed by atoms with van der Waals surface area (Å²) in [5.74, 6) is 2.57. The van der Waals surface area contributed by atoms with Gasteiger partial charge in [0, 0.05) is 51.7 Å². The third kappa shape index (κ3) is 3.45. The predicted molar refractivity (Wildman–Crippen MR) is 94.8 cm³/mol. The van der Waals surface area contributed by atoms with Crippen molar-refractivity contribution in [1.29, 1.82) is 0 Å². The fourth-order valence-electron chi connectivity index (χ4n) is 4.18. The number of nitrogens with zero attached hydrogens (tertiary/aromatic N) is 3. The molecule has 0 unspecified atom stereocenters. The lowest BCUT2D eigenvalue weighted by molar-refractivity contribution is 0.246. The number of pyridine rings is 1. The summed E-state index contributed by atoms with van der Waals surface area (Å²) in [6.45, 7) is 6.98. The van der Waals surface area contributed by atoms with E-state index < -0.39 is 0 Å². The molecule has 24 heavy (non-hydrogen) atoms. The van der Waals surface area contributed by atoms with Gasteiger partial charge in [-0.2, -0.15) is 0 Å². The van der Waals surface area contributed by atoms with E-state index in [-0.39, 0.29) is 0 Å². The molecule has 2 atom stereocenters. The Hall–Kier alpha value is -1.91. The van der Waals surface area contributed by atoms with E-state index in [1.54, 1.807) is 7.11 Å². The molecule has 0 bridgehead atoms. The van der Waals surface area contributed by atoms with Crippen molar-refractivity contribution in [3.8, 4) is 5.75 Å². The van der Waals surface area contributed by atoms with E-state index in [0.717, 1.165) is 30.7 Å². The fourth-order valence-corrected chi connectivity index (χ4v) is 4.18. The molecular formula is C20H25N3O. The zero-order chi connectivity index (χ0) is 16.4. The van der Waals surface area contributed by atoms with Crippen LogP contribution in [0.1, 0.15) is 11.1 Å². The van der Waals surface area contributed by atoms with E-state index in [2.05, 4.69) is 45.1 Å². The maximum atomic E-state index is 5.24. The second kappa shape index (κ2) is 6.91. The minimum absolute atomic E-state index is 0.819. The number of benzene rings is 1. The molecule has 4 heteroatoms. The SMILES string of the molecule is COc1ccc(CN2C[C@H]3CN(Cc4cccnc4)C[C@@H]3C2)cc1. The van der Waals surface area contributed by atoms with Crippen LogP contribution in [0.25, 0.3) is 0 Å². The van der Waals surface area contributed by atoms with E-state index in [9.17, 15) is 0 Å². The van der Waals surface area contributed by atoms with Crippen molar-refractivity contribution in [2.75, 3.05) is 33.3 Å². The summed E-state index contributed by atoms with van der Waals surface area (Å²) in [5.41, 5.74) is 2.70. The normalized spacial score (nSPS) is 24.2. The first kappa shape index (κ1) is 15.6. The van der Waals surface area contributed by atoms with Gasteiger partial charge in [-0.1, -0.05) is 18.2 Å². The molecular weight excluding hydrogens is 298 g/mol. The first-order valence-corrected chi connectivity index (χ1v) is 8.76. The molecule has 2 fully saturated rings. The molecule has 4 rings (SSSR count). The Bertz CT molecular complexity index is 644. The molecule has 0 spiro atoms. The Morgan fingerprint density at radius 3 is 2.08 bits per heavy atom. The first-order valence-electron chi connectivity index (χ1n) is 8.76. The minimum Gasteiger partial charge on any atom is -0.497 e. The van der Waals surface area contributed by atoms with Crippen LogP contribution in [0, 0.1) is 11.8 Å². The second-order valence-corrected chi connectivity index (χ2v) is 7.12. The summed E-state index contributed by atoms with van der Waals surface area (Å²) in [5, 5.41) is 0. The Morgan fingerprint density at radius 1 is 0.917 bits per heavy atom. The topological polar surface area (TPSA) is 28.6 Å². The monoisotopic (exact) mass is 323 g/mol. The number of hydrogen-bond acceptors (Lipinski definition) is 4. The van der Waals surface area contributed by atoms with Crippen LogP contribution in [0.2, 0.25) is 0 Å².